The Morgan fingerprint density at radius 3 is 2.50 bits per heavy atom. The minimum atomic E-state index is -0.315. The van der Waals surface area contributed by atoms with Crippen LogP contribution in [-0.4, -0.2) is 32.0 Å². The van der Waals surface area contributed by atoms with Gasteiger partial charge in [0, 0.05) is 11.3 Å². The summed E-state index contributed by atoms with van der Waals surface area (Å²) in [5.74, 6) is 2.29. The normalized spacial score (nSPS) is 11.0. The lowest BCUT2D eigenvalue weighted by atomic mass is 10.1. The van der Waals surface area contributed by atoms with Crippen LogP contribution in [0.4, 0.5) is 4.39 Å². The zero-order valence-electron chi connectivity index (χ0n) is 18.5. The van der Waals surface area contributed by atoms with Crippen LogP contribution in [0.2, 0.25) is 0 Å². The maximum absolute atomic E-state index is 13.2. The number of para-hydroxylation sites is 1. The summed E-state index contributed by atoms with van der Waals surface area (Å²) in [7, 11) is 1.63. The first-order valence-electron chi connectivity index (χ1n) is 10.5. The van der Waals surface area contributed by atoms with Gasteiger partial charge in [-0.3, -0.25) is 4.57 Å². The highest BCUT2D eigenvalue weighted by atomic mass is 32.2. The Morgan fingerprint density at radius 2 is 1.74 bits per heavy atom. The standard InChI is InChI=1S/C25H20FN5O2S/c1-16-7-13-19(14-8-16)31-24(20-5-3-4-6-21(20)32-2)28-29-25(31)34-15-22-27-23(30-33-22)17-9-11-18(26)12-10-17/h3-14H,15H2,1-2H3. The van der Waals surface area contributed by atoms with Crippen molar-refractivity contribution in [2.75, 3.05) is 7.11 Å². The number of thioether (sulfide) groups is 1. The lowest BCUT2D eigenvalue weighted by Gasteiger charge is -2.12. The average molecular weight is 474 g/mol. The molecule has 0 bridgehead atoms. The van der Waals surface area contributed by atoms with Gasteiger partial charge in [0.1, 0.15) is 11.6 Å². The fraction of sp³-hybridized carbons (Fsp3) is 0.120. The molecular formula is C25H20FN5O2S. The van der Waals surface area contributed by atoms with E-state index in [1.165, 1.54) is 23.9 Å². The van der Waals surface area contributed by atoms with Gasteiger partial charge in [-0.15, -0.1) is 10.2 Å². The largest absolute Gasteiger partial charge is 0.496 e. The molecule has 9 heteroatoms. The van der Waals surface area contributed by atoms with Crippen LogP contribution in [0.5, 0.6) is 5.75 Å². The van der Waals surface area contributed by atoms with Crippen molar-refractivity contribution in [3.05, 3.63) is 90.1 Å². The van der Waals surface area contributed by atoms with Crippen molar-refractivity contribution in [1.82, 2.24) is 24.9 Å². The van der Waals surface area contributed by atoms with E-state index in [4.69, 9.17) is 9.26 Å². The Labute approximate surface area is 199 Å². The molecular weight excluding hydrogens is 453 g/mol. The quantitative estimate of drug-likeness (QED) is 0.279. The summed E-state index contributed by atoms with van der Waals surface area (Å²) in [4.78, 5) is 4.43. The van der Waals surface area contributed by atoms with Crippen LogP contribution in [0.25, 0.3) is 28.5 Å². The minimum absolute atomic E-state index is 0.315. The lowest BCUT2D eigenvalue weighted by molar-refractivity contribution is 0.391. The van der Waals surface area contributed by atoms with E-state index in [2.05, 4.69) is 20.3 Å². The Morgan fingerprint density at radius 1 is 0.971 bits per heavy atom. The Balaban J connectivity index is 1.47. The van der Waals surface area contributed by atoms with E-state index in [0.717, 1.165) is 16.8 Å². The first-order chi connectivity index (χ1) is 16.6. The van der Waals surface area contributed by atoms with Gasteiger partial charge in [-0.25, -0.2) is 4.39 Å². The molecule has 2 heterocycles. The smallest absolute Gasteiger partial charge is 0.237 e. The van der Waals surface area contributed by atoms with Crippen molar-refractivity contribution in [3.8, 4) is 34.2 Å². The summed E-state index contributed by atoms with van der Waals surface area (Å²) in [5, 5.41) is 13.6. The van der Waals surface area contributed by atoms with Crippen molar-refractivity contribution in [2.45, 2.75) is 17.8 Å². The van der Waals surface area contributed by atoms with Crippen LogP contribution in [0.15, 0.2) is 82.5 Å². The van der Waals surface area contributed by atoms with Gasteiger partial charge in [0.05, 0.1) is 18.4 Å². The Bertz CT molecular complexity index is 1410. The van der Waals surface area contributed by atoms with Crippen molar-refractivity contribution in [2.24, 2.45) is 0 Å². The summed E-state index contributed by atoms with van der Waals surface area (Å²) in [6, 6.07) is 21.8. The van der Waals surface area contributed by atoms with Crippen molar-refractivity contribution < 1.29 is 13.7 Å². The molecule has 5 aromatic rings. The fourth-order valence-corrected chi connectivity index (χ4v) is 4.24. The molecule has 2 aromatic heterocycles. The van der Waals surface area contributed by atoms with E-state index in [0.29, 0.717) is 39.8 Å². The second-order valence-corrected chi connectivity index (χ2v) is 8.43. The zero-order valence-corrected chi connectivity index (χ0v) is 19.3. The number of halogens is 1. The molecule has 0 fully saturated rings. The van der Waals surface area contributed by atoms with Crippen LogP contribution in [-0.2, 0) is 5.75 Å². The maximum atomic E-state index is 13.2. The molecule has 170 valence electrons. The van der Waals surface area contributed by atoms with Gasteiger partial charge in [-0.05, 0) is 55.5 Å². The first-order valence-corrected chi connectivity index (χ1v) is 11.5. The first kappa shape index (κ1) is 21.8. The van der Waals surface area contributed by atoms with Gasteiger partial charge in [0.2, 0.25) is 11.7 Å². The molecule has 0 aliphatic heterocycles. The number of hydrogen-bond acceptors (Lipinski definition) is 7. The summed E-state index contributed by atoms with van der Waals surface area (Å²) in [5.41, 5.74) is 3.60. The maximum Gasteiger partial charge on any atom is 0.237 e. The van der Waals surface area contributed by atoms with Gasteiger partial charge >= 0.3 is 0 Å². The number of nitrogens with zero attached hydrogens (tertiary/aromatic N) is 5. The molecule has 0 aliphatic carbocycles. The molecule has 0 atom stereocenters. The zero-order chi connectivity index (χ0) is 23.5. The van der Waals surface area contributed by atoms with E-state index in [-0.39, 0.29) is 5.82 Å². The molecule has 0 spiro atoms. The van der Waals surface area contributed by atoms with Crippen LogP contribution in [0, 0.1) is 12.7 Å². The van der Waals surface area contributed by atoms with Crippen molar-refractivity contribution in [3.63, 3.8) is 0 Å². The molecule has 0 aliphatic rings. The highest BCUT2D eigenvalue weighted by Gasteiger charge is 2.20. The molecule has 5 rings (SSSR count). The molecule has 0 amide bonds. The Kier molecular flexibility index (Phi) is 6.09. The molecule has 7 nitrogen and oxygen atoms in total. The monoisotopic (exact) mass is 473 g/mol. The number of hydrogen-bond donors (Lipinski definition) is 0. The van der Waals surface area contributed by atoms with Gasteiger partial charge < -0.3 is 9.26 Å². The van der Waals surface area contributed by atoms with E-state index < -0.39 is 0 Å². The van der Waals surface area contributed by atoms with Crippen molar-refractivity contribution >= 4 is 11.8 Å². The van der Waals surface area contributed by atoms with Gasteiger partial charge in [-0.1, -0.05) is 46.7 Å². The lowest BCUT2D eigenvalue weighted by Crippen LogP contribution is -2.01. The summed E-state index contributed by atoms with van der Waals surface area (Å²) in [6.07, 6.45) is 0. The van der Waals surface area contributed by atoms with Crippen LogP contribution >= 0.6 is 11.8 Å². The number of aryl methyl sites for hydroxylation is 1. The predicted molar refractivity (Wildman–Crippen MR) is 127 cm³/mol. The van der Waals surface area contributed by atoms with Gasteiger partial charge in [0.25, 0.3) is 0 Å². The highest BCUT2D eigenvalue weighted by molar-refractivity contribution is 7.98. The predicted octanol–water partition coefficient (Wildman–Crippen LogP) is 5.73. The number of aromatic nitrogens is 5. The summed E-state index contributed by atoms with van der Waals surface area (Å²) in [6.45, 7) is 2.04. The molecule has 0 saturated heterocycles. The molecule has 3 aromatic carbocycles. The third-order valence-electron chi connectivity index (χ3n) is 5.17. The van der Waals surface area contributed by atoms with Crippen LogP contribution < -0.4 is 4.74 Å². The number of rotatable bonds is 7. The van der Waals surface area contributed by atoms with E-state index in [1.54, 1.807) is 19.2 Å². The molecule has 0 N–H and O–H groups in total. The fourth-order valence-electron chi connectivity index (χ4n) is 3.45. The van der Waals surface area contributed by atoms with Gasteiger partial charge in [-0.2, -0.15) is 4.98 Å². The average Bonchev–Trinajstić information content (AvgIpc) is 3.51. The van der Waals surface area contributed by atoms with Gasteiger partial charge in [0.15, 0.2) is 11.0 Å². The summed E-state index contributed by atoms with van der Waals surface area (Å²) < 4.78 is 26.1. The SMILES string of the molecule is COc1ccccc1-c1nnc(SCc2nc(-c3ccc(F)cc3)no2)n1-c1ccc(C)cc1. The van der Waals surface area contributed by atoms with E-state index in [9.17, 15) is 4.39 Å². The third-order valence-corrected chi connectivity index (χ3v) is 6.08. The van der Waals surface area contributed by atoms with E-state index in [1.807, 2.05) is 60.0 Å². The Hall–Kier alpha value is -3.98. The van der Waals surface area contributed by atoms with E-state index >= 15 is 0 Å². The molecule has 0 radical (unpaired) electrons. The van der Waals surface area contributed by atoms with Crippen molar-refractivity contribution in [1.29, 1.82) is 0 Å². The number of methoxy groups -OCH3 is 1. The minimum Gasteiger partial charge on any atom is -0.496 e. The summed E-state index contributed by atoms with van der Waals surface area (Å²) >= 11 is 1.43. The molecule has 0 saturated carbocycles. The number of benzene rings is 3. The highest BCUT2D eigenvalue weighted by Crippen LogP contribution is 2.34. The third kappa shape index (κ3) is 4.42. The molecule has 34 heavy (non-hydrogen) atoms. The van der Waals surface area contributed by atoms with Crippen LogP contribution in [0.3, 0.4) is 0 Å². The van der Waals surface area contributed by atoms with Crippen LogP contribution in [0.1, 0.15) is 11.5 Å². The topological polar surface area (TPSA) is 78.9 Å². The molecule has 0 unspecified atom stereocenters. The second kappa shape index (κ2) is 9.48. The second-order valence-electron chi connectivity index (χ2n) is 7.48. The number of ether oxygens (including phenoxy) is 1.